The van der Waals surface area contributed by atoms with E-state index in [4.69, 9.17) is 28.4 Å². The van der Waals surface area contributed by atoms with Crippen molar-refractivity contribution in [2.75, 3.05) is 19.8 Å². The van der Waals surface area contributed by atoms with Gasteiger partial charge >= 0.3 is 0 Å². The molecule has 17 heteroatoms. The molecule has 4 rings (SSSR count). The lowest BCUT2D eigenvalue weighted by Crippen LogP contribution is -2.68. The summed E-state index contributed by atoms with van der Waals surface area (Å²) in [6.07, 6.45) is -22.1. The Bertz CT molecular complexity index is 823. The van der Waals surface area contributed by atoms with Gasteiger partial charge in [-0.1, -0.05) is 0 Å². The molecule has 16 atom stereocenters. The molecule has 0 aromatic rings. The molecule has 0 bridgehead atoms. The van der Waals surface area contributed by atoms with E-state index in [0.29, 0.717) is 0 Å². The molecule has 4 fully saturated rings. The zero-order chi connectivity index (χ0) is 28.6. The molecule has 0 saturated carbocycles. The highest BCUT2D eigenvalue weighted by atomic mass is 16.8. The molecule has 0 radical (unpaired) electrons. The predicted octanol–water partition coefficient (Wildman–Crippen LogP) is -6.63. The lowest BCUT2D eigenvalue weighted by Gasteiger charge is -2.50. The second-order valence-electron chi connectivity index (χ2n) is 10.0. The largest absolute Gasteiger partial charge is 0.394 e. The van der Waals surface area contributed by atoms with Crippen LogP contribution in [0.15, 0.2) is 0 Å². The van der Waals surface area contributed by atoms with E-state index in [0.717, 1.165) is 6.92 Å². The van der Waals surface area contributed by atoms with Gasteiger partial charge in [0.05, 0.1) is 19.3 Å². The minimum atomic E-state index is -1.78. The fourth-order valence-electron chi connectivity index (χ4n) is 5.22. The number of hydrogen-bond acceptors (Lipinski definition) is 16. The monoisotopic (exact) mass is 571 g/mol. The summed E-state index contributed by atoms with van der Waals surface area (Å²) in [5.41, 5.74) is 0. The lowest BCUT2D eigenvalue weighted by molar-refractivity contribution is -0.379. The Morgan fingerprint density at radius 1 is 0.769 bits per heavy atom. The Kier molecular flexibility index (Phi) is 10.1. The van der Waals surface area contributed by atoms with Gasteiger partial charge in [0, 0.05) is 13.5 Å². The normalized spacial score (nSPS) is 50.7. The van der Waals surface area contributed by atoms with Crippen LogP contribution in [-0.4, -0.2) is 170 Å². The highest BCUT2D eigenvalue weighted by Gasteiger charge is 2.54. The second kappa shape index (κ2) is 12.8. The molecule has 0 spiro atoms. The third-order valence-corrected chi connectivity index (χ3v) is 7.35. The molecule has 39 heavy (non-hydrogen) atoms. The van der Waals surface area contributed by atoms with Gasteiger partial charge in [0.25, 0.3) is 0 Å². The van der Waals surface area contributed by atoms with Gasteiger partial charge in [0.1, 0.15) is 73.2 Å². The molecule has 4 saturated heterocycles. The number of aliphatic hydroxyl groups is 9. The summed E-state index contributed by atoms with van der Waals surface area (Å²) in [7, 11) is 0. The summed E-state index contributed by atoms with van der Waals surface area (Å²) in [6, 6.07) is -1.39. The van der Waals surface area contributed by atoms with Crippen LogP contribution in [0.1, 0.15) is 13.3 Å². The Balaban J connectivity index is 1.58. The van der Waals surface area contributed by atoms with Crippen LogP contribution in [0.3, 0.4) is 0 Å². The first kappa shape index (κ1) is 30.8. The number of nitrogens with one attached hydrogen (secondary N) is 1. The van der Waals surface area contributed by atoms with Crippen molar-refractivity contribution in [3.8, 4) is 0 Å². The number of rotatable bonds is 7. The summed E-state index contributed by atoms with van der Waals surface area (Å²) in [4.78, 5) is 11.8. The van der Waals surface area contributed by atoms with Gasteiger partial charge in [-0.25, -0.2) is 0 Å². The Morgan fingerprint density at radius 3 is 2.00 bits per heavy atom. The van der Waals surface area contributed by atoms with Crippen LogP contribution in [0.5, 0.6) is 0 Å². The number of carbonyl (C=O) groups excluding carboxylic acids is 1. The van der Waals surface area contributed by atoms with Crippen molar-refractivity contribution < 1.29 is 79.2 Å². The molecule has 4 aliphatic rings. The molecule has 0 aliphatic carbocycles. The van der Waals surface area contributed by atoms with Gasteiger partial charge in [-0.15, -0.1) is 0 Å². The van der Waals surface area contributed by atoms with Crippen molar-refractivity contribution in [2.45, 2.75) is 112 Å². The lowest BCUT2D eigenvalue weighted by atomic mass is 9.91. The molecule has 4 aliphatic heterocycles. The van der Waals surface area contributed by atoms with Crippen LogP contribution in [0.25, 0.3) is 0 Å². The highest BCUT2D eigenvalue weighted by molar-refractivity contribution is 5.73. The SMILES string of the molecule is CC(=O)N[C@H]1[C@H](O[C@@H]2[C@@H](O[C@@H]3CCO[C@H]4[C@H](O)[C@@H](O)[C@H](O)O[C@@H]43)O[C@H](CO)[C@@H](O)[C@@H]2O)O[C@H](CO)[C@@H](O)[C@@H]1O. The van der Waals surface area contributed by atoms with Gasteiger partial charge in [-0.3, -0.25) is 4.79 Å². The standard InChI is InChI=1S/C22H37NO16/c1-6(26)23-10-13(29)11(27)8(4-24)36-21(10)39-19-14(30)12(28)9(5-25)37-22(19)35-7-2-3-34-18-15(31)16(32)20(33)38-17(7)18/h7-22,24-25,27-33H,2-5H2,1H3,(H,23,26)/t7-,8-,9-,10-,11-,12-,13-,14+,15-,16-,17-,18+,19+,20-,21+,22+/m1/s1. The predicted molar refractivity (Wildman–Crippen MR) is 120 cm³/mol. The smallest absolute Gasteiger partial charge is 0.217 e. The van der Waals surface area contributed by atoms with E-state index in [1.165, 1.54) is 0 Å². The van der Waals surface area contributed by atoms with E-state index in [-0.39, 0.29) is 13.0 Å². The number of carbonyl (C=O) groups is 1. The van der Waals surface area contributed by atoms with Crippen LogP contribution in [0, 0.1) is 0 Å². The van der Waals surface area contributed by atoms with Crippen LogP contribution in [-0.2, 0) is 33.2 Å². The molecule has 1 amide bonds. The van der Waals surface area contributed by atoms with E-state index in [9.17, 15) is 50.8 Å². The maximum Gasteiger partial charge on any atom is 0.217 e. The van der Waals surface area contributed by atoms with Crippen molar-refractivity contribution in [3.05, 3.63) is 0 Å². The number of aliphatic hydroxyl groups excluding tert-OH is 9. The molecule has 17 nitrogen and oxygen atoms in total. The third kappa shape index (κ3) is 6.22. The first-order chi connectivity index (χ1) is 18.5. The molecule has 0 aromatic heterocycles. The summed E-state index contributed by atoms with van der Waals surface area (Å²) < 4.78 is 34.0. The van der Waals surface area contributed by atoms with Crippen molar-refractivity contribution >= 4 is 5.91 Å². The third-order valence-electron chi connectivity index (χ3n) is 7.35. The molecule has 4 heterocycles. The summed E-state index contributed by atoms with van der Waals surface area (Å²) in [6.45, 7) is -0.278. The zero-order valence-corrected chi connectivity index (χ0v) is 20.9. The zero-order valence-electron chi connectivity index (χ0n) is 20.9. The average Bonchev–Trinajstić information content (AvgIpc) is 2.90. The van der Waals surface area contributed by atoms with Gasteiger partial charge in [-0.05, 0) is 6.42 Å². The van der Waals surface area contributed by atoms with Crippen LogP contribution in [0.4, 0.5) is 0 Å². The van der Waals surface area contributed by atoms with Gasteiger partial charge in [-0.2, -0.15) is 0 Å². The van der Waals surface area contributed by atoms with Gasteiger partial charge < -0.3 is 79.7 Å². The van der Waals surface area contributed by atoms with Gasteiger partial charge in [0.2, 0.25) is 5.91 Å². The molecular formula is C22H37NO16. The summed E-state index contributed by atoms with van der Waals surface area (Å²) in [5, 5.41) is 94.2. The number of ether oxygens (including phenoxy) is 6. The van der Waals surface area contributed by atoms with Crippen molar-refractivity contribution in [1.82, 2.24) is 5.32 Å². The maximum absolute atomic E-state index is 11.8. The minimum absolute atomic E-state index is 0.0422. The second-order valence-corrected chi connectivity index (χ2v) is 10.0. The molecular weight excluding hydrogens is 534 g/mol. The van der Waals surface area contributed by atoms with Crippen LogP contribution in [0.2, 0.25) is 0 Å². The fraction of sp³-hybridized carbons (Fsp3) is 0.955. The topological polar surface area (TPSA) is 267 Å². The molecule has 0 aromatic carbocycles. The quantitative estimate of drug-likeness (QED) is 0.136. The van der Waals surface area contributed by atoms with Crippen molar-refractivity contribution in [3.63, 3.8) is 0 Å². The Labute approximate surface area is 222 Å². The Morgan fingerprint density at radius 2 is 1.38 bits per heavy atom. The highest BCUT2D eigenvalue weighted by Crippen LogP contribution is 2.35. The summed E-state index contributed by atoms with van der Waals surface area (Å²) in [5.74, 6) is -0.624. The Hall–Kier alpha value is -1.13. The number of fused-ring (bicyclic) bond motifs is 1. The van der Waals surface area contributed by atoms with Crippen molar-refractivity contribution in [1.29, 1.82) is 0 Å². The van der Waals surface area contributed by atoms with Crippen LogP contribution < -0.4 is 5.32 Å². The van der Waals surface area contributed by atoms with E-state index in [1.807, 2.05) is 0 Å². The van der Waals surface area contributed by atoms with Crippen molar-refractivity contribution in [2.24, 2.45) is 0 Å². The van der Waals surface area contributed by atoms with E-state index < -0.39 is 117 Å². The molecule has 10 N–H and O–H groups in total. The first-order valence-electron chi connectivity index (χ1n) is 12.6. The maximum atomic E-state index is 11.8. The van der Waals surface area contributed by atoms with E-state index in [1.54, 1.807) is 0 Å². The molecule has 226 valence electrons. The number of amides is 1. The first-order valence-corrected chi connectivity index (χ1v) is 12.6. The minimum Gasteiger partial charge on any atom is -0.394 e. The molecule has 0 unspecified atom stereocenters. The van der Waals surface area contributed by atoms with Gasteiger partial charge in [0.15, 0.2) is 18.9 Å². The van der Waals surface area contributed by atoms with E-state index >= 15 is 0 Å². The average molecular weight is 572 g/mol. The van der Waals surface area contributed by atoms with Crippen LogP contribution >= 0.6 is 0 Å². The summed E-state index contributed by atoms with van der Waals surface area (Å²) >= 11 is 0. The van der Waals surface area contributed by atoms with E-state index in [2.05, 4.69) is 5.32 Å². The fourth-order valence-corrected chi connectivity index (χ4v) is 5.22. The number of hydrogen-bond donors (Lipinski definition) is 10.